The van der Waals surface area contributed by atoms with E-state index < -0.39 is 0 Å². The Labute approximate surface area is 210 Å². The third kappa shape index (κ3) is 4.51. The van der Waals surface area contributed by atoms with E-state index >= 15 is 0 Å². The molecule has 0 aliphatic rings. The maximum atomic E-state index is 8.90. The Morgan fingerprint density at radius 1 is 1.03 bits per heavy atom. The van der Waals surface area contributed by atoms with Gasteiger partial charge in [0.15, 0.2) is 0 Å². The van der Waals surface area contributed by atoms with Crippen LogP contribution >= 0.6 is 0 Å². The highest BCUT2D eigenvalue weighted by atomic mass is 16.5. The molecule has 5 aromatic rings. The first kappa shape index (κ1) is 23.1. The summed E-state index contributed by atoms with van der Waals surface area (Å²) in [4.78, 5) is 4.24. The molecule has 0 amide bonds. The molecule has 6 heteroatoms. The van der Waals surface area contributed by atoms with E-state index in [9.17, 15) is 0 Å². The fourth-order valence-electron chi connectivity index (χ4n) is 4.43. The Morgan fingerprint density at radius 3 is 2.72 bits per heavy atom. The van der Waals surface area contributed by atoms with Crippen molar-refractivity contribution in [1.29, 1.82) is 5.26 Å². The average molecular weight is 474 g/mol. The minimum Gasteiger partial charge on any atom is -0.493 e. The third-order valence-electron chi connectivity index (χ3n) is 6.23. The number of benzene rings is 3. The summed E-state index contributed by atoms with van der Waals surface area (Å²) in [6.07, 6.45) is 5.54. The van der Waals surface area contributed by atoms with Gasteiger partial charge in [-0.2, -0.15) is 10.4 Å². The fraction of sp³-hybridized carbons (Fsp3) is 0.167. The molecule has 178 valence electrons. The molecule has 0 spiro atoms. The molecule has 5 rings (SSSR count). The van der Waals surface area contributed by atoms with E-state index in [-0.39, 0.29) is 0 Å². The first-order chi connectivity index (χ1) is 17.7. The minimum atomic E-state index is 0.457. The lowest BCUT2D eigenvalue weighted by atomic mass is 9.95. The SMILES string of the molecule is CCc1cc(-c2cccnc2)nn1-c1ccc(N)c(-c2c(OCCCC#N)ccc3ccccc23)c1. The smallest absolute Gasteiger partial charge is 0.127 e. The molecule has 0 aliphatic heterocycles. The number of anilines is 1. The molecule has 0 atom stereocenters. The van der Waals surface area contributed by atoms with E-state index in [4.69, 9.17) is 20.8 Å². The first-order valence-corrected chi connectivity index (χ1v) is 12.1. The zero-order chi connectivity index (χ0) is 24.9. The van der Waals surface area contributed by atoms with Gasteiger partial charge < -0.3 is 10.5 Å². The predicted molar refractivity (Wildman–Crippen MR) is 144 cm³/mol. The van der Waals surface area contributed by atoms with E-state index in [0.29, 0.717) is 25.1 Å². The molecule has 36 heavy (non-hydrogen) atoms. The van der Waals surface area contributed by atoms with Gasteiger partial charge in [0, 0.05) is 46.9 Å². The molecule has 2 aromatic heterocycles. The summed E-state index contributed by atoms with van der Waals surface area (Å²) in [5, 5.41) is 16.0. The van der Waals surface area contributed by atoms with E-state index in [1.165, 1.54) is 0 Å². The lowest BCUT2D eigenvalue weighted by molar-refractivity contribution is 0.314. The molecule has 0 radical (unpaired) electrons. The summed E-state index contributed by atoms with van der Waals surface area (Å²) in [5.41, 5.74) is 12.9. The van der Waals surface area contributed by atoms with Gasteiger partial charge in [-0.3, -0.25) is 4.98 Å². The lowest BCUT2D eigenvalue weighted by Crippen LogP contribution is -2.04. The van der Waals surface area contributed by atoms with Crippen LogP contribution in [-0.4, -0.2) is 21.4 Å². The Kier molecular flexibility index (Phi) is 6.63. The monoisotopic (exact) mass is 473 g/mol. The molecule has 0 unspecified atom stereocenters. The van der Waals surface area contributed by atoms with Gasteiger partial charge in [-0.1, -0.05) is 37.3 Å². The summed E-state index contributed by atoms with van der Waals surface area (Å²) in [7, 11) is 0. The number of ether oxygens (including phenoxy) is 1. The van der Waals surface area contributed by atoms with Crippen LogP contribution in [0.5, 0.6) is 5.75 Å². The number of hydrogen-bond acceptors (Lipinski definition) is 5. The van der Waals surface area contributed by atoms with Gasteiger partial charge in [0.25, 0.3) is 0 Å². The van der Waals surface area contributed by atoms with E-state index in [0.717, 1.165) is 56.7 Å². The summed E-state index contributed by atoms with van der Waals surface area (Å²) in [5.74, 6) is 0.753. The Hall–Kier alpha value is -4.63. The number of nitrogens with two attached hydrogens (primary N) is 1. The topological polar surface area (TPSA) is 89.8 Å². The van der Waals surface area contributed by atoms with Crippen LogP contribution in [0.3, 0.4) is 0 Å². The van der Waals surface area contributed by atoms with Crippen LogP contribution in [-0.2, 0) is 6.42 Å². The quantitative estimate of drug-likeness (QED) is 0.203. The zero-order valence-corrected chi connectivity index (χ0v) is 20.2. The van der Waals surface area contributed by atoms with Crippen LogP contribution in [0.4, 0.5) is 5.69 Å². The molecule has 0 bridgehead atoms. The molecule has 2 heterocycles. The van der Waals surface area contributed by atoms with Crippen LogP contribution in [0, 0.1) is 11.3 Å². The van der Waals surface area contributed by atoms with Crippen molar-refractivity contribution in [1.82, 2.24) is 14.8 Å². The standard InChI is InChI=1S/C30H27N5O/c1-2-23-19-28(22-9-7-16-33-20-22)34-35(23)24-12-13-27(32)26(18-24)30-25-10-4-3-8-21(25)11-14-29(30)36-17-6-5-15-31/h3-4,7-14,16,18-20H,2,5-6,17,32H2,1H3. The molecule has 2 N–H and O–H groups in total. The summed E-state index contributed by atoms with van der Waals surface area (Å²) >= 11 is 0. The number of pyridine rings is 1. The number of aryl methyl sites for hydroxylation is 1. The molecular weight excluding hydrogens is 446 g/mol. The van der Waals surface area contributed by atoms with Crippen molar-refractivity contribution < 1.29 is 4.74 Å². The van der Waals surface area contributed by atoms with Gasteiger partial charge in [0.2, 0.25) is 0 Å². The van der Waals surface area contributed by atoms with E-state index in [1.807, 2.05) is 53.3 Å². The molecule has 0 saturated heterocycles. The van der Waals surface area contributed by atoms with E-state index in [1.54, 1.807) is 6.20 Å². The molecule has 3 aromatic carbocycles. The maximum Gasteiger partial charge on any atom is 0.127 e. The average Bonchev–Trinajstić information content (AvgIpc) is 3.36. The number of hydrogen-bond donors (Lipinski definition) is 1. The van der Waals surface area contributed by atoms with Crippen molar-refractivity contribution >= 4 is 16.5 Å². The Balaban J connectivity index is 1.64. The highest BCUT2D eigenvalue weighted by Crippen LogP contribution is 2.41. The Morgan fingerprint density at radius 2 is 1.92 bits per heavy atom. The first-order valence-electron chi connectivity index (χ1n) is 12.1. The molecule has 6 nitrogen and oxygen atoms in total. The third-order valence-corrected chi connectivity index (χ3v) is 6.23. The molecule has 0 fully saturated rings. The number of fused-ring (bicyclic) bond motifs is 1. The van der Waals surface area contributed by atoms with Crippen molar-refractivity contribution in [3.63, 3.8) is 0 Å². The summed E-state index contributed by atoms with van der Waals surface area (Å²) < 4.78 is 8.15. The number of rotatable bonds is 8. The van der Waals surface area contributed by atoms with Crippen LogP contribution < -0.4 is 10.5 Å². The molecule has 0 saturated carbocycles. The van der Waals surface area contributed by atoms with Gasteiger partial charge in [-0.25, -0.2) is 4.68 Å². The van der Waals surface area contributed by atoms with Crippen molar-refractivity contribution in [2.75, 3.05) is 12.3 Å². The van der Waals surface area contributed by atoms with Crippen LogP contribution in [0.15, 0.2) is 85.2 Å². The van der Waals surface area contributed by atoms with Gasteiger partial charge in [0.05, 0.1) is 24.1 Å². The fourth-order valence-corrected chi connectivity index (χ4v) is 4.43. The maximum absolute atomic E-state index is 8.90. The second-order valence-electron chi connectivity index (χ2n) is 8.57. The second kappa shape index (κ2) is 10.3. The van der Waals surface area contributed by atoms with Gasteiger partial charge in [-0.05, 0) is 66.1 Å². The lowest BCUT2D eigenvalue weighted by Gasteiger charge is -2.17. The van der Waals surface area contributed by atoms with Crippen molar-refractivity contribution in [2.45, 2.75) is 26.2 Å². The van der Waals surface area contributed by atoms with Crippen molar-refractivity contribution in [3.05, 3.63) is 90.9 Å². The number of nitrogen functional groups attached to an aromatic ring is 1. The number of nitriles is 1. The molecular formula is C30H27N5O. The highest BCUT2D eigenvalue weighted by Gasteiger charge is 2.17. The van der Waals surface area contributed by atoms with Gasteiger partial charge in [0.1, 0.15) is 5.75 Å². The highest BCUT2D eigenvalue weighted by molar-refractivity contribution is 6.02. The van der Waals surface area contributed by atoms with E-state index in [2.05, 4.69) is 48.3 Å². The van der Waals surface area contributed by atoms with Gasteiger partial charge in [-0.15, -0.1) is 0 Å². The number of nitrogens with zero attached hydrogens (tertiary/aromatic N) is 4. The normalized spacial score (nSPS) is 10.9. The van der Waals surface area contributed by atoms with Crippen molar-refractivity contribution in [3.8, 4) is 39.9 Å². The van der Waals surface area contributed by atoms with Crippen LogP contribution in [0.2, 0.25) is 0 Å². The number of unbranched alkanes of at least 4 members (excludes halogenated alkanes) is 1. The molecule has 0 aliphatic carbocycles. The van der Waals surface area contributed by atoms with Gasteiger partial charge >= 0.3 is 0 Å². The summed E-state index contributed by atoms with van der Waals surface area (Å²) in [6.45, 7) is 2.59. The zero-order valence-electron chi connectivity index (χ0n) is 20.2. The van der Waals surface area contributed by atoms with Crippen LogP contribution in [0.25, 0.3) is 38.8 Å². The minimum absolute atomic E-state index is 0.457. The number of aromatic nitrogens is 3. The predicted octanol–water partition coefficient (Wildman–Crippen LogP) is 6.58. The summed E-state index contributed by atoms with van der Waals surface area (Å²) in [6, 6.07) is 26.5. The second-order valence-corrected chi connectivity index (χ2v) is 8.57. The Bertz CT molecular complexity index is 1550. The van der Waals surface area contributed by atoms with Crippen molar-refractivity contribution in [2.24, 2.45) is 0 Å². The largest absolute Gasteiger partial charge is 0.493 e. The van der Waals surface area contributed by atoms with Crippen LogP contribution in [0.1, 0.15) is 25.5 Å².